The van der Waals surface area contributed by atoms with E-state index in [0.29, 0.717) is 29.0 Å². The Morgan fingerprint density at radius 2 is 1.67 bits per heavy atom. The third kappa shape index (κ3) is 8.06. The maximum Gasteiger partial charge on any atom is 0.343 e. The Morgan fingerprint density at radius 3 is 2.36 bits per heavy atom. The molecular weight excluding hydrogens is 526 g/mol. The largest absolute Gasteiger partial charge is 0.494 e. The van der Waals surface area contributed by atoms with E-state index in [-0.39, 0.29) is 18.2 Å². The average molecular weight is 552 g/mol. The third-order valence-electron chi connectivity index (χ3n) is 4.85. The van der Waals surface area contributed by atoms with Crippen molar-refractivity contribution in [2.45, 2.75) is 20.3 Å². The van der Waals surface area contributed by atoms with Gasteiger partial charge >= 0.3 is 5.97 Å². The van der Waals surface area contributed by atoms with Crippen LogP contribution in [0.15, 0.2) is 76.3 Å². The average Bonchev–Trinajstić information content (AvgIpc) is 2.88. The van der Waals surface area contributed by atoms with E-state index in [2.05, 4.69) is 31.8 Å². The van der Waals surface area contributed by atoms with Gasteiger partial charge in [-0.05, 0) is 67.9 Å². The van der Waals surface area contributed by atoms with E-state index in [1.54, 1.807) is 54.6 Å². The molecule has 0 unspecified atom stereocenters. The molecule has 0 spiro atoms. The van der Waals surface area contributed by atoms with Crippen LogP contribution in [0.4, 0.5) is 0 Å². The van der Waals surface area contributed by atoms with Crippen LogP contribution < -0.4 is 20.2 Å². The van der Waals surface area contributed by atoms with Gasteiger partial charge in [-0.15, -0.1) is 0 Å². The van der Waals surface area contributed by atoms with Crippen LogP contribution in [0, 0.1) is 6.92 Å². The van der Waals surface area contributed by atoms with E-state index in [1.807, 2.05) is 26.0 Å². The van der Waals surface area contributed by atoms with Crippen molar-refractivity contribution in [3.63, 3.8) is 0 Å². The minimum Gasteiger partial charge on any atom is -0.494 e. The van der Waals surface area contributed by atoms with Gasteiger partial charge in [-0.1, -0.05) is 40.5 Å². The molecule has 9 heteroatoms. The summed E-state index contributed by atoms with van der Waals surface area (Å²) in [5.41, 5.74) is 4.67. The molecular formula is C27H26BrN3O5. The fraction of sp³-hybridized carbons (Fsp3) is 0.185. The monoisotopic (exact) mass is 551 g/mol. The van der Waals surface area contributed by atoms with Crippen molar-refractivity contribution in [2.75, 3.05) is 13.2 Å². The number of amides is 2. The van der Waals surface area contributed by atoms with Crippen molar-refractivity contribution in [3.8, 4) is 11.5 Å². The molecule has 0 aliphatic carbocycles. The van der Waals surface area contributed by atoms with E-state index in [1.165, 1.54) is 6.21 Å². The molecule has 3 aromatic carbocycles. The van der Waals surface area contributed by atoms with Crippen molar-refractivity contribution in [1.29, 1.82) is 0 Å². The Labute approximate surface area is 217 Å². The molecule has 0 aliphatic rings. The van der Waals surface area contributed by atoms with Gasteiger partial charge in [0.15, 0.2) is 0 Å². The van der Waals surface area contributed by atoms with Crippen LogP contribution in [0.3, 0.4) is 0 Å². The molecule has 0 fully saturated rings. The van der Waals surface area contributed by atoms with Crippen LogP contribution in [0.5, 0.6) is 11.5 Å². The van der Waals surface area contributed by atoms with Crippen LogP contribution in [0.25, 0.3) is 0 Å². The predicted molar refractivity (Wildman–Crippen MR) is 141 cm³/mol. The van der Waals surface area contributed by atoms with Gasteiger partial charge in [-0.2, -0.15) is 5.10 Å². The second-order valence-corrected chi connectivity index (χ2v) is 8.70. The number of nitrogens with one attached hydrogen (secondary N) is 2. The Balaban J connectivity index is 1.57. The van der Waals surface area contributed by atoms with Crippen LogP contribution >= 0.6 is 15.9 Å². The maximum atomic E-state index is 12.6. The summed E-state index contributed by atoms with van der Waals surface area (Å²) >= 11 is 3.37. The van der Waals surface area contributed by atoms with E-state index in [9.17, 15) is 14.4 Å². The fourth-order valence-corrected chi connectivity index (χ4v) is 3.34. The second-order valence-electron chi connectivity index (χ2n) is 7.79. The smallest absolute Gasteiger partial charge is 0.343 e. The number of halogens is 1. The van der Waals surface area contributed by atoms with Gasteiger partial charge in [0.05, 0.1) is 24.9 Å². The zero-order valence-electron chi connectivity index (χ0n) is 19.9. The highest BCUT2D eigenvalue weighted by molar-refractivity contribution is 9.10. The molecule has 3 rings (SSSR count). The summed E-state index contributed by atoms with van der Waals surface area (Å²) in [5, 5.41) is 6.46. The first-order chi connectivity index (χ1) is 17.4. The van der Waals surface area contributed by atoms with Crippen LogP contribution in [-0.4, -0.2) is 37.1 Å². The first-order valence-electron chi connectivity index (χ1n) is 11.3. The predicted octanol–water partition coefficient (Wildman–Crippen LogP) is 4.65. The van der Waals surface area contributed by atoms with Gasteiger partial charge in [-0.25, -0.2) is 10.2 Å². The summed E-state index contributed by atoms with van der Waals surface area (Å²) in [6.45, 7) is 4.29. The minimum absolute atomic E-state index is 0.248. The van der Waals surface area contributed by atoms with E-state index < -0.39 is 11.9 Å². The number of benzene rings is 3. The van der Waals surface area contributed by atoms with Crippen molar-refractivity contribution >= 4 is 39.9 Å². The molecule has 0 saturated heterocycles. The Morgan fingerprint density at radius 1 is 0.972 bits per heavy atom. The summed E-state index contributed by atoms with van der Waals surface area (Å²) < 4.78 is 11.8. The molecule has 3 aromatic rings. The highest BCUT2D eigenvalue weighted by Gasteiger charge is 2.12. The topological polar surface area (TPSA) is 106 Å². The molecule has 8 nitrogen and oxygen atoms in total. The molecule has 0 heterocycles. The van der Waals surface area contributed by atoms with Gasteiger partial charge in [-0.3, -0.25) is 9.59 Å². The first-order valence-corrected chi connectivity index (χ1v) is 12.1. The van der Waals surface area contributed by atoms with E-state index in [4.69, 9.17) is 9.47 Å². The normalized spacial score (nSPS) is 10.6. The number of esters is 1. The SMILES string of the molecule is CCCOc1ccc(C(=O)Oc2ccc(Br)cc2C=NNC(=O)CNC(=O)c2ccc(C)cc2)cc1. The molecule has 36 heavy (non-hydrogen) atoms. The Bertz CT molecular complexity index is 1240. The quantitative estimate of drug-likeness (QED) is 0.165. The lowest BCUT2D eigenvalue weighted by Crippen LogP contribution is -2.34. The van der Waals surface area contributed by atoms with Crippen LogP contribution in [0.2, 0.25) is 0 Å². The third-order valence-corrected chi connectivity index (χ3v) is 5.35. The summed E-state index contributed by atoms with van der Waals surface area (Å²) in [6.07, 6.45) is 2.25. The number of hydrogen-bond acceptors (Lipinski definition) is 6. The standard InChI is InChI=1S/C27H26BrN3O5/c1-3-14-35-23-11-8-20(9-12-23)27(34)36-24-13-10-22(28)15-21(24)16-30-31-25(32)17-29-26(33)19-6-4-18(2)5-7-19/h4-13,15-16H,3,14,17H2,1-2H3,(H,29,33)(H,31,32). The van der Waals surface area contributed by atoms with Gasteiger partial charge < -0.3 is 14.8 Å². The number of rotatable bonds is 10. The lowest BCUT2D eigenvalue weighted by molar-refractivity contribution is -0.120. The fourth-order valence-electron chi connectivity index (χ4n) is 2.96. The van der Waals surface area contributed by atoms with Gasteiger partial charge in [0, 0.05) is 15.6 Å². The Kier molecular flexibility index (Phi) is 9.76. The molecule has 2 N–H and O–H groups in total. The lowest BCUT2D eigenvalue weighted by atomic mass is 10.1. The number of carbonyl (C=O) groups excluding carboxylic acids is 3. The lowest BCUT2D eigenvalue weighted by Gasteiger charge is -2.09. The molecule has 0 aromatic heterocycles. The van der Waals surface area contributed by atoms with Crippen molar-refractivity contribution in [3.05, 3.63) is 93.5 Å². The number of carbonyl (C=O) groups is 3. The molecule has 0 saturated carbocycles. The highest BCUT2D eigenvalue weighted by atomic mass is 79.9. The number of nitrogens with zero attached hydrogens (tertiary/aromatic N) is 1. The number of ether oxygens (including phenoxy) is 2. The summed E-state index contributed by atoms with van der Waals surface area (Å²) in [5.74, 6) is -0.473. The van der Waals surface area contributed by atoms with Gasteiger partial charge in [0.2, 0.25) is 0 Å². The molecule has 2 amide bonds. The Hall–Kier alpha value is -3.98. The zero-order valence-corrected chi connectivity index (χ0v) is 21.5. The number of aryl methyl sites for hydroxylation is 1. The molecule has 186 valence electrons. The van der Waals surface area contributed by atoms with Crippen LogP contribution in [-0.2, 0) is 4.79 Å². The van der Waals surface area contributed by atoms with Crippen LogP contribution in [0.1, 0.15) is 45.2 Å². The summed E-state index contributed by atoms with van der Waals surface area (Å²) in [6, 6.07) is 18.7. The summed E-state index contributed by atoms with van der Waals surface area (Å²) in [7, 11) is 0. The highest BCUT2D eigenvalue weighted by Crippen LogP contribution is 2.23. The first kappa shape index (κ1) is 26.6. The molecule has 0 radical (unpaired) electrons. The molecule has 0 bridgehead atoms. The van der Waals surface area contributed by atoms with E-state index >= 15 is 0 Å². The minimum atomic E-state index is -0.545. The van der Waals surface area contributed by atoms with Crippen molar-refractivity contribution in [1.82, 2.24) is 10.7 Å². The second kappa shape index (κ2) is 13.2. The molecule has 0 aliphatic heterocycles. The maximum absolute atomic E-state index is 12.6. The van der Waals surface area contributed by atoms with Crippen molar-refractivity contribution in [2.24, 2.45) is 5.10 Å². The van der Waals surface area contributed by atoms with E-state index in [0.717, 1.165) is 16.5 Å². The van der Waals surface area contributed by atoms with Gasteiger partial charge in [0.25, 0.3) is 11.8 Å². The number of hydrogen-bond donors (Lipinski definition) is 2. The molecule has 0 atom stereocenters. The van der Waals surface area contributed by atoms with Gasteiger partial charge in [0.1, 0.15) is 11.5 Å². The number of hydrazone groups is 1. The summed E-state index contributed by atoms with van der Waals surface area (Å²) in [4.78, 5) is 36.8. The van der Waals surface area contributed by atoms with Crippen molar-refractivity contribution < 1.29 is 23.9 Å². The zero-order chi connectivity index (χ0) is 25.9.